The molecule has 0 bridgehead atoms. The Morgan fingerprint density at radius 1 is 0.900 bits per heavy atom. The summed E-state index contributed by atoms with van der Waals surface area (Å²) in [6, 6.07) is 3.89. The molecular formula is C6H8N4. The highest BCUT2D eigenvalue weighted by atomic mass is 15.3. The van der Waals surface area contributed by atoms with Gasteiger partial charge in [-0.1, -0.05) is 0 Å². The lowest BCUT2D eigenvalue weighted by molar-refractivity contribution is 0.940. The second-order valence-electron chi connectivity index (χ2n) is 1.54. The molecule has 0 fully saturated rings. The van der Waals surface area contributed by atoms with Gasteiger partial charge in [-0.2, -0.15) is 15.4 Å². The molecule has 0 spiro atoms. The quantitative estimate of drug-likeness (QED) is 0.563. The number of nitrogens with zero attached hydrogens (tertiary/aromatic N) is 2. The van der Waals surface area contributed by atoms with Gasteiger partial charge in [0.1, 0.15) is 0 Å². The zero-order valence-corrected chi connectivity index (χ0v) is 5.36. The van der Waals surface area contributed by atoms with Crippen molar-refractivity contribution in [2.24, 2.45) is 0 Å². The van der Waals surface area contributed by atoms with Crippen molar-refractivity contribution in [1.29, 1.82) is 0 Å². The largest absolute Gasteiger partial charge is 0.368 e. The third kappa shape index (κ3) is 2.66. The van der Waals surface area contributed by atoms with E-state index in [0.29, 0.717) is 0 Å². The van der Waals surface area contributed by atoms with E-state index in [1.807, 2.05) is 24.5 Å². The fourth-order valence-electron chi connectivity index (χ4n) is 0.444. The molecule has 0 aliphatic heterocycles. The van der Waals surface area contributed by atoms with Crippen molar-refractivity contribution in [3.63, 3.8) is 0 Å². The molecule has 2 aromatic heterocycles. The molecule has 0 aliphatic carbocycles. The maximum Gasteiger partial charge on any atom is 0.0690 e. The third-order valence-corrected chi connectivity index (χ3v) is 0.827. The third-order valence-electron chi connectivity index (χ3n) is 0.827. The number of nitrogens with one attached hydrogen (secondary N) is 2. The highest BCUT2D eigenvalue weighted by molar-refractivity contribution is 4.84. The summed E-state index contributed by atoms with van der Waals surface area (Å²) < 4.78 is 0. The van der Waals surface area contributed by atoms with Crippen molar-refractivity contribution in [2.75, 3.05) is 0 Å². The molecule has 10 heavy (non-hydrogen) atoms. The van der Waals surface area contributed by atoms with E-state index in [1.54, 1.807) is 12.4 Å². The van der Waals surface area contributed by atoms with Crippen LogP contribution in [-0.2, 0) is 0 Å². The van der Waals surface area contributed by atoms with Gasteiger partial charge >= 0.3 is 0 Å². The van der Waals surface area contributed by atoms with E-state index >= 15 is 0 Å². The molecule has 2 rings (SSSR count). The van der Waals surface area contributed by atoms with Crippen LogP contribution in [0.1, 0.15) is 0 Å². The normalized spacial score (nSPS) is 8.00. The van der Waals surface area contributed by atoms with E-state index in [1.165, 1.54) is 0 Å². The summed E-state index contributed by atoms with van der Waals surface area (Å²) in [4.78, 5) is 2.86. The van der Waals surface area contributed by atoms with Crippen molar-refractivity contribution in [2.45, 2.75) is 0 Å². The molecule has 0 radical (unpaired) electrons. The zero-order chi connectivity index (χ0) is 7.07. The molecule has 0 unspecified atom stereocenters. The van der Waals surface area contributed by atoms with Crippen molar-refractivity contribution < 1.29 is 0 Å². The average molecular weight is 136 g/mol. The first-order chi connectivity index (χ1) is 5.00. The van der Waals surface area contributed by atoms with Gasteiger partial charge < -0.3 is 4.98 Å². The maximum absolute atomic E-state index is 3.49. The minimum Gasteiger partial charge on any atom is -0.368 e. The van der Waals surface area contributed by atoms with E-state index in [0.717, 1.165) is 0 Å². The van der Waals surface area contributed by atoms with Crippen LogP contribution in [0.25, 0.3) is 0 Å². The minimum atomic E-state index is 1.58. The smallest absolute Gasteiger partial charge is 0.0690 e. The Labute approximate surface area is 58.3 Å². The first-order valence-corrected chi connectivity index (χ1v) is 2.87. The van der Waals surface area contributed by atoms with Gasteiger partial charge in [-0.05, 0) is 12.1 Å². The molecule has 2 aromatic rings. The van der Waals surface area contributed by atoms with Crippen molar-refractivity contribution in [3.8, 4) is 0 Å². The second kappa shape index (κ2) is 4.31. The van der Waals surface area contributed by atoms with E-state index in [9.17, 15) is 0 Å². The van der Waals surface area contributed by atoms with Gasteiger partial charge in [-0.15, -0.1) is 0 Å². The summed E-state index contributed by atoms with van der Waals surface area (Å²) in [5, 5.41) is 9.33. The topological polar surface area (TPSA) is 57.4 Å². The van der Waals surface area contributed by atoms with E-state index in [-0.39, 0.29) is 0 Å². The summed E-state index contributed by atoms with van der Waals surface area (Å²) in [6.45, 7) is 0. The first kappa shape index (κ1) is 6.54. The molecule has 0 aromatic carbocycles. The van der Waals surface area contributed by atoms with Gasteiger partial charge in [0, 0.05) is 12.4 Å². The highest BCUT2D eigenvalue weighted by Gasteiger charge is 1.57. The predicted molar refractivity (Wildman–Crippen MR) is 37.2 cm³/mol. The number of hydrogen-bond donors (Lipinski definition) is 2. The SMILES string of the molecule is c1cc[nH]c1.c1cn[nH]n1. The summed E-state index contributed by atoms with van der Waals surface area (Å²) in [5.41, 5.74) is 0. The second-order valence-corrected chi connectivity index (χ2v) is 1.54. The van der Waals surface area contributed by atoms with Crippen LogP contribution >= 0.6 is 0 Å². The number of rotatable bonds is 0. The van der Waals surface area contributed by atoms with Crippen LogP contribution in [0.15, 0.2) is 36.9 Å². The van der Waals surface area contributed by atoms with Crippen molar-refractivity contribution >= 4 is 0 Å². The maximum atomic E-state index is 3.49. The summed E-state index contributed by atoms with van der Waals surface area (Å²) in [6.07, 6.45) is 6.92. The Morgan fingerprint density at radius 3 is 1.70 bits per heavy atom. The Kier molecular flexibility index (Phi) is 2.82. The van der Waals surface area contributed by atoms with E-state index in [4.69, 9.17) is 0 Å². The fraction of sp³-hybridized carbons (Fsp3) is 0. The van der Waals surface area contributed by atoms with E-state index < -0.39 is 0 Å². The van der Waals surface area contributed by atoms with Gasteiger partial charge in [0.25, 0.3) is 0 Å². The van der Waals surface area contributed by atoms with Crippen LogP contribution in [-0.4, -0.2) is 20.4 Å². The highest BCUT2D eigenvalue weighted by Crippen LogP contribution is 1.72. The molecule has 0 aliphatic rings. The van der Waals surface area contributed by atoms with Gasteiger partial charge in [-0.3, -0.25) is 0 Å². The lowest BCUT2D eigenvalue weighted by atomic mass is 10.7. The van der Waals surface area contributed by atoms with Gasteiger partial charge in [0.15, 0.2) is 0 Å². The van der Waals surface area contributed by atoms with Crippen LogP contribution in [0.2, 0.25) is 0 Å². The number of aromatic nitrogens is 4. The monoisotopic (exact) mass is 136 g/mol. The molecule has 0 amide bonds. The molecule has 4 heteroatoms. The van der Waals surface area contributed by atoms with Crippen molar-refractivity contribution in [3.05, 3.63) is 36.9 Å². The van der Waals surface area contributed by atoms with E-state index in [2.05, 4.69) is 20.4 Å². The summed E-state index contributed by atoms with van der Waals surface area (Å²) in [7, 11) is 0. The summed E-state index contributed by atoms with van der Waals surface area (Å²) in [5.74, 6) is 0. The van der Waals surface area contributed by atoms with Crippen LogP contribution in [0.4, 0.5) is 0 Å². The molecular weight excluding hydrogens is 128 g/mol. The molecule has 4 nitrogen and oxygen atoms in total. The Bertz CT molecular complexity index is 149. The number of H-pyrrole nitrogens is 2. The minimum absolute atomic E-state index is 1.58. The first-order valence-electron chi connectivity index (χ1n) is 2.87. The molecule has 0 atom stereocenters. The fourth-order valence-corrected chi connectivity index (χ4v) is 0.444. The Morgan fingerprint density at radius 2 is 1.50 bits per heavy atom. The molecule has 52 valence electrons. The molecule has 2 N–H and O–H groups in total. The standard InChI is InChI=1S/C4H5N.C2H3N3/c2*1-2-4-5-3-1/h1-5H;1-2H,(H,3,4,5). The molecule has 2 heterocycles. The van der Waals surface area contributed by atoms with Crippen LogP contribution in [0, 0.1) is 0 Å². The van der Waals surface area contributed by atoms with Crippen molar-refractivity contribution in [1.82, 2.24) is 20.4 Å². The zero-order valence-electron chi connectivity index (χ0n) is 5.36. The van der Waals surface area contributed by atoms with Crippen LogP contribution in [0.3, 0.4) is 0 Å². The van der Waals surface area contributed by atoms with Gasteiger partial charge in [-0.25, -0.2) is 0 Å². The number of hydrogen-bond acceptors (Lipinski definition) is 2. The van der Waals surface area contributed by atoms with Crippen LogP contribution in [0.5, 0.6) is 0 Å². The predicted octanol–water partition coefficient (Wildman–Crippen LogP) is 0.819. The van der Waals surface area contributed by atoms with Gasteiger partial charge in [0.2, 0.25) is 0 Å². The molecule has 0 saturated carbocycles. The summed E-state index contributed by atoms with van der Waals surface area (Å²) >= 11 is 0. The average Bonchev–Trinajstić information content (AvgIpc) is 2.67. The lowest BCUT2D eigenvalue weighted by Crippen LogP contribution is -1.61. The van der Waals surface area contributed by atoms with Crippen LogP contribution < -0.4 is 0 Å². The van der Waals surface area contributed by atoms with Gasteiger partial charge in [0.05, 0.1) is 12.4 Å². The molecule has 0 saturated heterocycles. The Hall–Kier alpha value is -1.58. The lowest BCUT2D eigenvalue weighted by Gasteiger charge is -1.49. The Balaban J connectivity index is 0.0000001000. The number of aromatic amines is 2.